The summed E-state index contributed by atoms with van der Waals surface area (Å²) in [5.41, 5.74) is 0.214. The van der Waals surface area contributed by atoms with Crippen LogP contribution in [0.15, 0.2) is 0 Å². The zero-order chi connectivity index (χ0) is 11.2. The number of nitrogens with zero attached hydrogens (tertiary/aromatic N) is 2. The Bertz CT molecular complexity index is 406. The first-order chi connectivity index (χ1) is 6.91. The Labute approximate surface area is 95.9 Å². The van der Waals surface area contributed by atoms with Gasteiger partial charge in [-0.15, -0.1) is 0 Å². The summed E-state index contributed by atoms with van der Waals surface area (Å²) in [6.07, 6.45) is 2.52. The Balaban J connectivity index is 2.41. The van der Waals surface area contributed by atoms with Crippen molar-refractivity contribution in [1.82, 2.24) is 14.8 Å². The molecule has 1 unspecified atom stereocenters. The molecule has 1 aliphatic rings. The molecule has 1 N–H and O–H groups in total. The average Bonchev–Trinajstić information content (AvgIpc) is 2.88. The highest BCUT2D eigenvalue weighted by atomic mass is 32.1. The Hall–Kier alpha value is -0.640. The number of hydrogen-bond acceptors (Lipinski definition) is 2. The second kappa shape index (κ2) is 3.44. The maximum atomic E-state index is 5.31. The van der Waals surface area contributed by atoms with Gasteiger partial charge in [-0.2, -0.15) is 5.10 Å². The molecule has 1 fully saturated rings. The second-order valence-corrected chi connectivity index (χ2v) is 5.96. The lowest BCUT2D eigenvalue weighted by Crippen LogP contribution is -2.23. The van der Waals surface area contributed by atoms with E-state index >= 15 is 0 Å². The van der Waals surface area contributed by atoms with Crippen LogP contribution in [0.25, 0.3) is 0 Å². The van der Waals surface area contributed by atoms with Gasteiger partial charge in [-0.25, -0.2) is 0 Å². The van der Waals surface area contributed by atoms with Gasteiger partial charge in [0.25, 0.3) is 0 Å². The van der Waals surface area contributed by atoms with Crippen LogP contribution in [0, 0.1) is 10.2 Å². The molecule has 0 bridgehead atoms. The fourth-order valence-corrected chi connectivity index (χ4v) is 2.01. The molecule has 1 aromatic rings. The largest absolute Gasteiger partial charge is 0.301 e. The normalized spacial score (nSPS) is 19.2. The summed E-state index contributed by atoms with van der Waals surface area (Å²) in [4.78, 5) is 0. The lowest BCUT2D eigenvalue weighted by Gasteiger charge is -2.29. The molecule has 0 radical (unpaired) electrons. The summed E-state index contributed by atoms with van der Waals surface area (Å²) in [5, 5.41) is 7.29. The average molecular weight is 225 g/mol. The van der Waals surface area contributed by atoms with Crippen molar-refractivity contribution in [3.8, 4) is 0 Å². The van der Waals surface area contributed by atoms with Crippen LogP contribution in [0.4, 0.5) is 0 Å². The number of hydrogen-bond donors (Lipinski definition) is 1. The first-order valence-electron chi connectivity index (χ1n) is 5.58. The summed E-state index contributed by atoms with van der Waals surface area (Å²) in [6.45, 7) is 8.94. The van der Waals surface area contributed by atoms with Crippen molar-refractivity contribution >= 4 is 12.2 Å². The van der Waals surface area contributed by atoms with Crippen molar-refractivity contribution < 1.29 is 0 Å². The van der Waals surface area contributed by atoms with Crippen molar-refractivity contribution in [2.75, 3.05) is 0 Å². The van der Waals surface area contributed by atoms with Crippen LogP contribution < -0.4 is 0 Å². The summed E-state index contributed by atoms with van der Waals surface area (Å²) in [6, 6.07) is 0.388. The SMILES string of the molecule is CC(n1c(C2CC2)n[nH]c1=S)C(C)(C)C. The van der Waals surface area contributed by atoms with Gasteiger partial charge in [0.2, 0.25) is 0 Å². The molecule has 1 saturated carbocycles. The molecule has 1 aromatic heterocycles. The van der Waals surface area contributed by atoms with E-state index in [0.29, 0.717) is 12.0 Å². The van der Waals surface area contributed by atoms with Gasteiger partial charge >= 0.3 is 0 Å². The molecule has 84 valence electrons. The fourth-order valence-electron chi connectivity index (χ4n) is 1.71. The highest BCUT2D eigenvalue weighted by Gasteiger charge is 2.33. The first kappa shape index (κ1) is 10.9. The molecule has 4 heteroatoms. The minimum Gasteiger partial charge on any atom is -0.301 e. The summed E-state index contributed by atoms with van der Waals surface area (Å²) < 4.78 is 2.96. The molecular formula is C11H19N3S. The number of rotatable bonds is 2. The van der Waals surface area contributed by atoms with Crippen molar-refractivity contribution in [3.63, 3.8) is 0 Å². The van der Waals surface area contributed by atoms with Gasteiger partial charge in [-0.05, 0) is 37.4 Å². The van der Waals surface area contributed by atoms with Crippen LogP contribution in [0.1, 0.15) is 58.3 Å². The molecule has 0 spiro atoms. The quantitative estimate of drug-likeness (QED) is 0.782. The fraction of sp³-hybridized carbons (Fsp3) is 0.818. The Morgan fingerprint density at radius 2 is 2.07 bits per heavy atom. The topological polar surface area (TPSA) is 33.6 Å². The molecule has 15 heavy (non-hydrogen) atoms. The van der Waals surface area contributed by atoms with Gasteiger partial charge in [0.1, 0.15) is 5.82 Å². The number of nitrogens with one attached hydrogen (secondary N) is 1. The molecule has 2 rings (SSSR count). The minimum absolute atomic E-state index is 0.214. The third-order valence-corrected chi connectivity index (χ3v) is 3.60. The molecule has 3 nitrogen and oxygen atoms in total. The van der Waals surface area contributed by atoms with Gasteiger partial charge in [-0.1, -0.05) is 20.8 Å². The molecule has 1 heterocycles. The highest BCUT2D eigenvalue weighted by Crippen LogP contribution is 2.41. The molecule has 1 atom stereocenters. The van der Waals surface area contributed by atoms with Crippen molar-refractivity contribution in [1.29, 1.82) is 0 Å². The van der Waals surface area contributed by atoms with Gasteiger partial charge in [0.15, 0.2) is 4.77 Å². The van der Waals surface area contributed by atoms with Crippen LogP contribution >= 0.6 is 12.2 Å². The number of H-pyrrole nitrogens is 1. The Morgan fingerprint density at radius 3 is 2.53 bits per heavy atom. The minimum atomic E-state index is 0.214. The van der Waals surface area contributed by atoms with Gasteiger partial charge in [0.05, 0.1) is 0 Å². The predicted octanol–water partition coefficient (Wildman–Crippen LogP) is 3.43. The summed E-state index contributed by atoms with van der Waals surface area (Å²) in [5.74, 6) is 1.80. The van der Waals surface area contributed by atoms with E-state index in [9.17, 15) is 0 Å². The summed E-state index contributed by atoms with van der Waals surface area (Å²) >= 11 is 5.31. The Kier molecular flexibility index (Phi) is 2.49. The third kappa shape index (κ3) is 2.00. The van der Waals surface area contributed by atoms with Crippen molar-refractivity contribution in [3.05, 3.63) is 10.6 Å². The van der Waals surface area contributed by atoms with Crippen LogP contribution in [-0.4, -0.2) is 14.8 Å². The molecular weight excluding hydrogens is 206 g/mol. The van der Waals surface area contributed by atoms with Gasteiger partial charge < -0.3 is 4.57 Å². The van der Waals surface area contributed by atoms with E-state index in [2.05, 4.69) is 42.5 Å². The van der Waals surface area contributed by atoms with E-state index in [4.69, 9.17) is 12.2 Å². The van der Waals surface area contributed by atoms with Crippen LogP contribution in [0.5, 0.6) is 0 Å². The molecule has 0 amide bonds. The highest BCUT2D eigenvalue weighted by molar-refractivity contribution is 7.71. The number of aromatic nitrogens is 3. The zero-order valence-electron chi connectivity index (χ0n) is 9.87. The Morgan fingerprint density at radius 1 is 1.47 bits per heavy atom. The monoisotopic (exact) mass is 225 g/mol. The van der Waals surface area contributed by atoms with Crippen LogP contribution in [0.3, 0.4) is 0 Å². The lowest BCUT2D eigenvalue weighted by molar-refractivity contribution is 0.255. The van der Waals surface area contributed by atoms with Gasteiger partial charge in [0, 0.05) is 12.0 Å². The van der Waals surface area contributed by atoms with Crippen LogP contribution in [0.2, 0.25) is 0 Å². The van der Waals surface area contributed by atoms with Crippen molar-refractivity contribution in [2.45, 2.75) is 52.5 Å². The first-order valence-corrected chi connectivity index (χ1v) is 5.99. The van der Waals surface area contributed by atoms with E-state index in [1.54, 1.807) is 0 Å². The zero-order valence-corrected chi connectivity index (χ0v) is 10.7. The summed E-state index contributed by atoms with van der Waals surface area (Å²) in [7, 11) is 0. The molecule has 0 aliphatic heterocycles. The third-order valence-electron chi connectivity index (χ3n) is 3.31. The van der Waals surface area contributed by atoms with E-state index < -0.39 is 0 Å². The number of aromatic amines is 1. The lowest BCUT2D eigenvalue weighted by atomic mass is 9.88. The smallest absolute Gasteiger partial charge is 0.195 e. The van der Waals surface area contributed by atoms with E-state index in [1.807, 2.05) is 0 Å². The second-order valence-electron chi connectivity index (χ2n) is 5.57. The van der Waals surface area contributed by atoms with E-state index in [-0.39, 0.29) is 5.41 Å². The maximum Gasteiger partial charge on any atom is 0.195 e. The maximum absolute atomic E-state index is 5.31. The van der Waals surface area contributed by atoms with Crippen LogP contribution in [-0.2, 0) is 0 Å². The van der Waals surface area contributed by atoms with E-state index in [0.717, 1.165) is 10.6 Å². The predicted molar refractivity (Wildman–Crippen MR) is 63.6 cm³/mol. The molecule has 0 aromatic carbocycles. The molecule has 1 aliphatic carbocycles. The van der Waals surface area contributed by atoms with Crippen molar-refractivity contribution in [2.24, 2.45) is 5.41 Å². The van der Waals surface area contributed by atoms with Gasteiger partial charge in [-0.3, -0.25) is 5.10 Å². The molecule has 0 saturated heterocycles. The van der Waals surface area contributed by atoms with E-state index in [1.165, 1.54) is 12.8 Å². The standard InChI is InChI=1S/C11H19N3S/c1-7(11(2,3)4)14-9(8-5-6-8)12-13-10(14)15/h7-8H,5-6H2,1-4H3,(H,13,15).